The van der Waals surface area contributed by atoms with Gasteiger partial charge in [0.1, 0.15) is 0 Å². The van der Waals surface area contributed by atoms with Crippen LogP contribution in [0.3, 0.4) is 0 Å². The molecule has 0 aromatic heterocycles. The molecule has 0 radical (unpaired) electrons. The molecular weight excluding hydrogens is 223 g/mol. The van der Waals surface area contributed by atoms with Crippen molar-refractivity contribution in [3.05, 3.63) is 0 Å². The van der Waals surface area contributed by atoms with Crippen molar-refractivity contribution >= 4 is 0 Å². The number of hydrogen-bond acceptors (Lipinski definition) is 3. The summed E-state index contributed by atoms with van der Waals surface area (Å²) < 4.78 is 41.8. The third kappa shape index (κ3) is 4.67. The van der Waals surface area contributed by atoms with Crippen molar-refractivity contribution in [2.45, 2.75) is 25.6 Å². The highest BCUT2D eigenvalue weighted by atomic mass is 19.4. The lowest BCUT2D eigenvalue weighted by atomic mass is 9.98. The van der Waals surface area contributed by atoms with E-state index in [-0.39, 0.29) is 12.5 Å². The first-order valence-electron chi connectivity index (χ1n) is 5.47. The fraction of sp³-hybridized carbons (Fsp3) is 1.00. The summed E-state index contributed by atoms with van der Waals surface area (Å²) in [6.07, 6.45) is -4.22. The second-order valence-electron chi connectivity index (χ2n) is 4.13. The second kappa shape index (κ2) is 5.84. The summed E-state index contributed by atoms with van der Waals surface area (Å²) in [7, 11) is 0. The second-order valence-corrected chi connectivity index (χ2v) is 4.13. The third-order valence-corrected chi connectivity index (χ3v) is 2.78. The van der Waals surface area contributed by atoms with E-state index in [1.54, 1.807) is 6.92 Å². The topological polar surface area (TPSA) is 32.7 Å². The van der Waals surface area contributed by atoms with Gasteiger partial charge in [-0.15, -0.1) is 0 Å². The van der Waals surface area contributed by atoms with Crippen molar-refractivity contribution in [3.63, 3.8) is 0 Å². The van der Waals surface area contributed by atoms with E-state index in [1.165, 1.54) is 4.90 Å². The van der Waals surface area contributed by atoms with Crippen molar-refractivity contribution in [2.24, 2.45) is 5.92 Å². The largest absolute Gasteiger partial charge is 0.401 e. The van der Waals surface area contributed by atoms with Crippen LogP contribution in [0.4, 0.5) is 13.2 Å². The number of ether oxygens (including phenoxy) is 1. The quantitative estimate of drug-likeness (QED) is 0.804. The lowest BCUT2D eigenvalue weighted by Gasteiger charge is -2.32. The lowest BCUT2D eigenvalue weighted by Crippen LogP contribution is -2.44. The van der Waals surface area contributed by atoms with E-state index < -0.39 is 18.8 Å². The van der Waals surface area contributed by atoms with Crippen LogP contribution in [0.1, 0.15) is 13.3 Å². The highest BCUT2D eigenvalue weighted by Crippen LogP contribution is 2.20. The van der Waals surface area contributed by atoms with Crippen LogP contribution in [0.25, 0.3) is 0 Å². The first-order valence-corrected chi connectivity index (χ1v) is 5.47. The fourth-order valence-electron chi connectivity index (χ4n) is 1.85. The molecule has 96 valence electrons. The number of rotatable bonds is 4. The van der Waals surface area contributed by atoms with E-state index in [1.807, 2.05) is 0 Å². The van der Waals surface area contributed by atoms with Gasteiger partial charge in [0.15, 0.2) is 0 Å². The van der Waals surface area contributed by atoms with Crippen molar-refractivity contribution in [1.82, 2.24) is 4.90 Å². The SMILES string of the molecule is CCN(CC1COCCC1O)CC(F)(F)F. The van der Waals surface area contributed by atoms with E-state index >= 15 is 0 Å². The molecule has 0 bridgehead atoms. The van der Waals surface area contributed by atoms with Crippen molar-refractivity contribution in [2.75, 3.05) is 32.8 Å². The summed E-state index contributed by atoms with van der Waals surface area (Å²) >= 11 is 0. The number of halogens is 3. The number of aliphatic hydroxyl groups excluding tert-OH is 1. The van der Waals surface area contributed by atoms with Gasteiger partial charge in [0.2, 0.25) is 0 Å². The van der Waals surface area contributed by atoms with E-state index in [0.29, 0.717) is 26.2 Å². The molecule has 2 unspecified atom stereocenters. The monoisotopic (exact) mass is 241 g/mol. The molecule has 0 amide bonds. The standard InChI is InChI=1S/C10H18F3NO2/c1-2-14(7-10(11,12)13)5-8-6-16-4-3-9(8)15/h8-9,15H,2-7H2,1H3. The molecule has 0 spiro atoms. The molecule has 0 aliphatic carbocycles. The maximum Gasteiger partial charge on any atom is 0.401 e. The van der Waals surface area contributed by atoms with E-state index in [4.69, 9.17) is 4.74 Å². The summed E-state index contributed by atoms with van der Waals surface area (Å²) in [5.74, 6) is -0.212. The van der Waals surface area contributed by atoms with Crippen LogP contribution >= 0.6 is 0 Å². The molecule has 0 saturated carbocycles. The Morgan fingerprint density at radius 3 is 2.62 bits per heavy atom. The molecule has 6 heteroatoms. The van der Waals surface area contributed by atoms with Crippen LogP contribution < -0.4 is 0 Å². The molecule has 1 rings (SSSR count). The number of hydrogen-bond donors (Lipinski definition) is 1. The van der Waals surface area contributed by atoms with Gasteiger partial charge in [-0.1, -0.05) is 6.92 Å². The van der Waals surface area contributed by atoms with E-state index in [2.05, 4.69) is 0 Å². The predicted molar refractivity (Wildman–Crippen MR) is 53.1 cm³/mol. The van der Waals surface area contributed by atoms with Crippen LogP contribution in [0.2, 0.25) is 0 Å². The molecule has 3 nitrogen and oxygen atoms in total. The molecule has 16 heavy (non-hydrogen) atoms. The summed E-state index contributed by atoms with van der Waals surface area (Å²) in [6, 6.07) is 0. The first-order chi connectivity index (χ1) is 7.42. The summed E-state index contributed by atoms with van der Waals surface area (Å²) in [6.45, 7) is 2.15. The van der Waals surface area contributed by atoms with Gasteiger partial charge < -0.3 is 9.84 Å². The van der Waals surface area contributed by atoms with Crippen LogP contribution in [0.5, 0.6) is 0 Å². The van der Waals surface area contributed by atoms with Gasteiger partial charge in [-0.3, -0.25) is 4.90 Å². The minimum absolute atomic E-state index is 0.212. The molecule has 0 aromatic rings. The molecule has 2 atom stereocenters. The first kappa shape index (κ1) is 13.7. The van der Waals surface area contributed by atoms with Gasteiger partial charge in [-0.2, -0.15) is 13.2 Å². The maximum absolute atomic E-state index is 12.2. The van der Waals surface area contributed by atoms with Gasteiger partial charge in [0, 0.05) is 19.1 Å². The average molecular weight is 241 g/mol. The Kier molecular flexibility index (Phi) is 5.01. The van der Waals surface area contributed by atoms with Gasteiger partial charge in [-0.25, -0.2) is 0 Å². The van der Waals surface area contributed by atoms with Crippen molar-refractivity contribution in [3.8, 4) is 0 Å². The van der Waals surface area contributed by atoms with Crippen LogP contribution in [0.15, 0.2) is 0 Å². The summed E-state index contributed by atoms with van der Waals surface area (Å²) in [5.41, 5.74) is 0. The Morgan fingerprint density at radius 1 is 1.44 bits per heavy atom. The van der Waals surface area contributed by atoms with Crippen molar-refractivity contribution in [1.29, 1.82) is 0 Å². The Balaban J connectivity index is 2.42. The molecule has 1 N–H and O–H groups in total. The molecule has 1 saturated heterocycles. The third-order valence-electron chi connectivity index (χ3n) is 2.78. The normalized spacial score (nSPS) is 27.4. The fourth-order valence-corrected chi connectivity index (χ4v) is 1.85. The van der Waals surface area contributed by atoms with Crippen LogP contribution in [0, 0.1) is 5.92 Å². The van der Waals surface area contributed by atoms with Gasteiger partial charge in [0.05, 0.1) is 19.3 Å². The van der Waals surface area contributed by atoms with Crippen LogP contribution in [-0.2, 0) is 4.74 Å². The van der Waals surface area contributed by atoms with Gasteiger partial charge in [-0.05, 0) is 13.0 Å². The Labute approximate surface area is 93.2 Å². The number of aliphatic hydroxyl groups is 1. The highest BCUT2D eigenvalue weighted by molar-refractivity contribution is 4.76. The van der Waals surface area contributed by atoms with Crippen molar-refractivity contribution < 1.29 is 23.0 Å². The Hall–Kier alpha value is -0.330. The molecular formula is C10H18F3NO2. The Morgan fingerprint density at radius 2 is 2.12 bits per heavy atom. The minimum atomic E-state index is -4.18. The lowest BCUT2D eigenvalue weighted by molar-refractivity contribution is -0.150. The zero-order valence-corrected chi connectivity index (χ0v) is 9.33. The predicted octanol–water partition coefficient (Wildman–Crippen LogP) is 1.27. The van der Waals surface area contributed by atoms with E-state index in [9.17, 15) is 18.3 Å². The molecule has 1 aliphatic heterocycles. The zero-order valence-electron chi connectivity index (χ0n) is 9.33. The number of alkyl halides is 3. The molecule has 1 fully saturated rings. The molecule has 1 aliphatic rings. The highest BCUT2D eigenvalue weighted by Gasteiger charge is 2.33. The summed E-state index contributed by atoms with van der Waals surface area (Å²) in [5, 5.41) is 9.62. The zero-order chi connectivity index (χ0) is 12.2. The van der Waals surface area contributed by atoms with E-state index in [0.717, 1.165) is 0 Å². The smallest absolute Gasteiger partial charge is 0.393 e. The maximum atomic E-state index is 12.2. The van der Waals surface area contributed by atoms with Gasteiger partial charge in [0.25, 0.3) is 0 Å². The average Bonchev–Trinajstić information content (AvgIpc) is 2.18. The minimum Gasteiger partial charge on any atom is -0.393 e. The number of nitrogens with zero attached hydrogens (tertiary/aromatic N) is 1. The molecule has 1 heterocycles. The summed E-state index contributed by atoms with van der Waals surface area (Å²) in [4.78, 5) is 1.29. The molecule has 0 aromatic carbocycles. The Bertz CT molecular complexity index is 211. The van der Waals surface area contributed by atoms with Gasteiger partial charge >= 0.3 is 6.18 Å². The van der Waals surface area contributed by atoms with Crippen LogP contribution in [-0.4, -0.2) is 55.1 Å².